The summed E-state index contributed by atoms with van der Waals surface area (Å²) in [5.74, 6) is 0. The largest absolute Gasteiger partial charge is 0.372 e. The number of pyridine rings is 4. The van der Waals surface area contributed by atoms with Crippen LogP contribution < -0.4 is 28.1 Å². The van der Waals surface area contributed by atoms with E-state index in [-0.39, 0.29) is 0 Å². The van der Waals surface area contributed by atoms with Gasteiger partial charge in [0.15, 0.2) is 49.6 Å². The predicted molar refractivity (Wildman–Crippen MR) is 320 cm³/mol. The Bertz CT molecular complexity index is 2560. The Morgan fingerprint density at radius 1 is 0.250 bits per heavy atom. The summed E-state index contributed by atoms with van der Waals surface area (Å²) in [6.45, 7) is 8.85. The van der Waals surface area contributed by atoms with Crippen LogP contribution in [0.15, 0.2) is 207 Å². The van der Waals surface area contributed by atoms with Gasteiger partial charge in [-0.2, -0.15) is 0 Å². The quantitative estimate of drug-likeness (QED) is 0.0228. The number of hydrogen-bond donors (Lipinski definition) is 0. The van der Waals surface area contributed by atoms with Crippen LogP contribution in [0.4, 0.5) is 11.4 Å². The lowest BCUT2D eigenvalue weighted by atomic mass is 10.0. The molecule has 0 aliphatic carbocycles. The second-order valence-electron chi connectivity index (χ2n) is 20.8. The molecule has 4 heterocycles. The zero-order valence-electron chi connectivity index (χ0n) is 45.6. The second-order valence-corrected chi connectivity index (χ2v) is 20.8. The fourth-order valence-corrected chi connectivity index (χ4v) is 10.3. The Morgan fingerprint density at radius 3 is 0.789 bits per heavy atom. The van der Waals surface area contributed by atoms with Crippen LogP contribution in [0.3, 0.4) is 0 Å². The number of aryl methyl sites for hydroxylation is 4. The smallest absolute Gasteiger partial charge is 0.168 e. The average molecular weight is 1010 g/mol. The summed E-state index contributed by atoms with van der Waals surface area (Å²) in [6.07, 6.45) is 46.4. The van der Waals surface area contributed by atoms with Crippen LogP contribution in [0.5, 0.6) is 0 Å². The van der Waals surface area contributed by atoms with Gasteiger partial charge in [-0.05, 0) is 121 Å². The summed E-state index contributed by atoms with van der Waals surface area (Å²) >= 11 is 0. The van der Waals surface area contributed by atoms with E-state index in [1.54, 1.807) is 0 Å². The van der Waals surface area contributed by atoms with E-state index in [2.05, 4.69) is 260 Å². The van der Waals surface area contributed by atoms with Gasteiger partial charge in [0.1, 0.15) is 26.2 Å². The Labute approximate surface area is 457 Å². The number of rotatable bonds is 34. The standard InChI is InChI=1S/C70H86N6/c1(13-45-71-49-17-9-18-50-71)5-25-57-75(58-26-6-2-14-46-72-51-19-10-20-52-72)69-41-35-63(36-42-69)29-31-65-33-39-68-62-66(34-40-67(68)61-65)32-30-64-37-43-70(44-38-64)76(59-27-7-3-15-47-73-53-21-11-22-54-73)60-28-8-4-16-48-74-55-23-12-24-56-74/h9-12,17-24,29-44,49-56,61-62H,1-8,13-16,25-28,45-48,57-60H2/q+4/b31-29+,32-30+. The molecule has 0 N–H and O–H groups in total. The summed E-state index contributed by atoms with van der Waals surface area (Å²) in [5, 5.41) is 2.52. The first-order valence-corrected chi connectivity index (χ1v) is 29.1. The molecule has 0 aliphatic rings. The first-order chi connectivity index (χ1) is 37.7. The molecule has 8 rings (SSSR count). The van der Waals surface area contributed by atoms with E-state index < -0.39 is 0 Å². The van der Waals surface area contributed by atoms with Crippen molar-refractivity contribution in [2.75, 3.05) is 36.0 Å². The van der Waals surface area contributed by atoms with Gasteiger partial charge >= 0.3 is 0 Å². The number of nitrogens with zero attached hydrogens (tertiary/aromatic N) is 6. The van der Waals surface area contributed by atoms with E-state index in [0.29, 0.717) is 0 Å². The van der Waals surface area contributed by atoms with Gasteiger partial charge in [0, 0.05) is 112 Å². The molecule has 0 fully saturated rings. The first-order valence-electron chi connectivity index (χ1n) is 29.1. The fourth-order valence-electron chi connectivity index (χ4n) is 10.3. The van der Waals surface area contributed by atoms with Crippen molar-refractivity contribution in [3.8, 4) is 0 Å². The van der Waals surface area contributed by atoms with Crippen LogP contribution in [0, 0.1) is 0 Å². The second kappa shape index (κ2) is 32.3. The molecule has 0 bridgehead atoms. The minimum Gasteiger partial charge on any atom is -0.372 e. The maximum Gasteiger partial charge on any atom is 0.168 e. The molecule has 4 aromatic heterocycles. The lowest BCUT2D eigenvalue weighted by molar-refractivity contribution is -0.697. The van der Waals surface area contributed by atoms with E-state index in [4.69, 9.17) is 0 Å². The molecule has 0 saturated heterocycles. The molecule has 0 saturated carbocycles. The van der Waals surface area contributed by atoms with Gasteiger partial charge < -0.3 is 9.80 Å². The van der Waals surface area contributed by atoms with E-state index in [1.807, 2.05) is 0 Å². The molecule has 0 atom stereocenters. The monoisotopic (exact) mass is 1010 g/mol. The van der Waals surface area contributed by atoms with Gasteiger partial charge in [-0.25, -0.2) is 18.3 Å². The summed E-state index contributed by atoms with van der Waals surface area (Å²) in [7, 11) is 0. The number of benzene rings is 4. The maximum atomic E-state index is 2.63. The molecular weight excluding hydrogens is 925 g/mol. The number of unbranched alkanes of at least 4 members (excludes halogenated alkanes) is 12. The van der Waals surface area contributed by atoms with Crippen LogP contribution >= 0.6 is 0 Å². The molecule has 0 radical (unpaired) electrons. The normalized spacial score (nSPS) is 11.5. The van der Waals surface area contributed by atoms with Crippen LogP contribution in [0.1, 0.15) is 125 Å². The van der Waals surface area contributed by atoms with Crippen molar-refractivity contribution < 1.29 is 18.3 Å². The predicted octanol–water partition coefficient (Wildman–Crippen LogP) is 15.0. The van der Waals surface area contributed by atoms with E-state index in [9.17, 15) is 0 Å². The van der Waals surface area contributed by atoms with Crippen molar-refractivity contribution in [3.63, 3.8) is 0 Å². The highest BCUT2D eigenvalue weighted by molar-refractivity contribution is 5.88. The minimum absolute atomic E-state index is 1.10. The van der Waals surface area contributed by atoms with Gasteiger partial charge in [-0.15, -0.1) is 0 Å². The molecule has 76 heavy (non-hydrogen) atoms. The van der Waals surface area contributed by atoms with E-state index >= 15 is 0 Å². The third-order valence-electron chi connectivity index (χ3n) is 14.8. The van der Waals surface area contributed by atoms with Crippen molar-refractivity contribution in [2.24, 2.45) is 0 Å². The molecule has 392 valence electrons. The maximum absolute atomic E-state index is 2.63. The third kappa shape index (κ3) is 19.8. The highest BCUT2D eigenvalue weighted by Gasteiger charge is 2.10. The number of aromatic nitrogens is 4. The van der Waals surface area contributed by atoms with Crippen LogP contribution in [-0.2, 0) is 26.2 Å². The average Bonchev–Trinajstić information content (AvgIpc) is 3.47. The SMILES string of the molecule is C(=C\c1ccc2cc(/C=C/c3ccc(N(CCCCCC[n+]4ccccc4)CCCCCC[n+]4ccccc4)cc3)ccc2c1)/c1ccc(N(CCCCCC[n+]2ccccc2)CCCCCC[n+]2ccccc2)cc1. The Kier molecular flexibility index (Phi) is 23.4. The van der Waals surface area contributed by atoms with Crippen molar-refractivity contribution >= 4 is 46.5 Å². The number of fused-ring (bicyclic) bond motifs is 1. The molecule has 4 aromatic carbocycles. The highest BCUT2D eigenvalue weighted by atomic mass is 15.1. The Balaban J connectivity index is 0.810. The molecule has 0 unspecified atom stereocenters. The van der Waals surface area contributed by atoms with E-state index in [1.165, 1.54) is 147 Å². The van der Waals surface area contributed by atoms with Gasteiger partial charge in [-0.1, -0.05) is 123 Å². The summed E-state index contributed by atoms with van der Waals surface area (Å²) in [4.78, 5) is 5.27. The highest BCUT2D eigenvalue weighted by Crippen LogP contribution is 2.24. The van der Waals surface area contributed by atoms with Gasteiger partial charge in [-0.3, -0.25) is 0 Å². The lowest BCUT2D eigenvalue weighted by Gasteiger charge is -2.25. The van der Waals surface area contributed by atoms with Crippen LogP contribution in [-0.4, -0.2) is 26.2 Å². The zero-order valence-corrected chi connectivity index (χ0v) is 45.6. The Hall–Kier alpha value is -7.18. The van der Waals surface area contributed by atoms with Crippen LogP contribution in [0.25, 0.3) is 35.1 Å². The lowest BCUT2D eigenvalue weighted by Crippen LogP contribution is -2.32. The van der Waals surface area contributed by atoms with Gasteiger partial charge in [0.25, 0.3) is 0 Å². The van der Waals surface area contributed by atoms with Crippen molar-refractivity contribution in [2.45, 2.75) is 129 Å². The van der Waals surface area contributed by atoms with E-state index in [0.717, 1.165) is 52.4 Å². The molecule has 6 heteroatoms. The minimum atomic E-state index is 1.10. The summed E-state index contributed by atoms with van der Waals surface area (Å²) in [5.41, 5.74) is 7.58. The topological polar surface area (TPSA) is 22.0 Å². The number of anilines is 2. The fraction of sp³-hybridized carbons (Fsp3) is 0.343. The third-order valence-corrected chi connectivity index (χ3v) is 14.8. The van der Waals surface area contributed by atoms with Gasteiger partial charge in [0.05, 0.1) is 0 Å². The van der Waals surface area contributed by atoms with Gasteiger partial charge in [0.2, 0.25) is 0 Å². The molecule has 0 aliphatic heterocycles. The number of hydrogen-bond acceptors (Lipinski definition) is 2. The molecular formula is C70H86N6+4. The molecule has 0 spiro atoms. The summed E-state index contributed by atoms with van der Waals surface area (Å²) in [6, 6.07) is 57.5. The summed E-state index contributed by atoms with van der Waals surface area (Å²) < 4.78 is 9.19. The molecule has 6 nitrogen and oxygen atoms in total. The first kappa shape index (κ1) is 55.1. The zero-order chi connectivity index (χ0) is 51.9. The Morgan fingerprint density at radius 2 is 0.500 bits per heavy atom. The van der Waals surface area contributed by atoms with Crippen molar-refractivity contribution in [1.82, 2.24) is 0 Å². The van der Waals surface area contributed by atoms with Crippen LogP contribution in [0.2, 0.25) is 0 Å². The molecule has 0 amide bonds. The van der Waals surface area contributed by atoms with Crippen molar-refractivity contribution in [3.05, 3.63) is 230 Å². The molecule has 8 aromatic rings. The van der Waals surface area contributed by atoms with Crippen molar-refractivity contribution in [1.29, 1.82) is 0 Å².